The number of ether oxygens (including phenoxy) is 1. The summed E-state index contributed by atoms with van der Waals surface area (Å²) in [6.07, 6.45) is -2.30. The van der Waals surface area contributed by atoms with Gasteiger partial charge >= 0.3 is 6.18 Å². The highest BCUT2D eigenvalue weighted by atomic mass is 35.5. The molecule has 1 heterocycles. The number of hydrazone groups is 1. The van der Waals surface area contributed by atoms with Crippen molar-refractivity contribution in [1.82, 2.24) is 4.98 Å². The van der Waals surface area contributed by atoms with E-state index < -0.39 is 11.7 Å². The third-order valence-electron chi connectivity index (χ3n) is 3.68. The molecule has 0 fully saturated rings. The molecule has 0 amide bonds. The molecule has 0 aliphatic rings. The number of fused-ring (bicyclic) bond motifs is 1. The normalized spacial score (nSPS) is 11.9. The molecule has 1 N–H and O–H groups in total. The minimum Gasteiger partial charge on any atom is -0.496 e. The van der Waals surface area contributed by atoms with Crippen LogP contribution in [0.4, 0.5) is 19.0 Å². The van der Waals surface area contributed by atoms with Crippen molar-refractivity contribution in [3.05, 3.63) is 64.8 Å². The second-order valence-corrected chi connectivity index (χ2v) is 5.73. The number of methoxy groups -OCH3 is 1. The SMILES string of the molecule is COc1ccc2ccccc2c1/C=N/Nc1ncc(C(F)(F)F)cc1Cl. The fourth-order valence-corrected chi connectivity index (χ4v) is 2.63. The van der Waals surface area contributed by atoms with Gasteiger partial charge in [0.2, 0.25) is 0 Å². The molecule has 0 aliphatic carbocycles. The first-order valence-electron chi connectivity index (χ1n) is 7.47. The molecule has 3 aromatic rings. The Morgan fingerprint density at radius 2 is 1.96 bits per heavy atom. The van der Waals surface area contributed by atoms with Gasteiger partial charge in [-0.15, -0.1) is 0 Å². The van der Waals surface area contributed by atoms with E-state index in [-0.39, 0.29) is 10.8 Å². The number of anilines is 1. The molecule has 0 radical (unpaired) electrons. The summed E-state index contributed by atoms with van der Waals surface area (Å²) in [4.78, 5) is 3.67. The van der Waals surface area contributed by atoms with Crippen molar-refractivity contribution >= 4 is 34.4 Å². The van der Waals surface area contributed by atoms with Crippen LogP contribution in [-0.2, 0) is 6.18 Å². The summed E-state index contributed by atoms with van der Waals surface area (Å²) in [5, 5.41) is 5.78. The summed E-state index contributed by atoms with van der Waals surface area (Å²) in [5.74, 6) is 0.635. The molecule has 1 aromatic heterocycles. The summed E-state index contributed by atoms with van der Waals surface area (Å²) in [5.41, 5.74) is 2.36. The van der Waals surface area contributed by atoms with Gasteiger partial charge in [0, 0.05) is 11.8 Å². The van der Waals surface area contributed by atoms with Gasteiger partial charge in [-0.1, -0.05) is 41.9 Å². The van der Waals surface area contributed by atoms with Gasteiger partial charge < -0.3 is 4.74 Å². The molecule has 0 spiro atoms. The van der Waals surface area contributed by atoms with E-state index in [1.54, 1.807) is 7.11 Å². The number of hydrogen-bond acceptors (Lipinski definition) is 4. The maximum Gasteiger partial charge on any atom is 0.417 e. The third-order valence-corrected chi connectivity index (χ3v) is 3.97. The maximum atomic E-state index is 12.6. The van der Waals surface area contributed by atoms with Crippen molar-refractivity contribution in [2.24, 2.45) is 5.10 Å². The van der Waals surface area contributed by atoms with E-state index in [4.69, 9.17) is 16.3 Å². The first kappa shape index (κ1) is 18.0. The highest BCUT2D eigenvalue weighted by Crippen LogP contribution is 2.32. The second kappa shape index (κ2) is 7.21. The molecule has 4 nitrogen and oxygen atoms in total. The van der Waals surface area contributed by atoms with Crippen LogP contribution in [0.15, 0.2) is 53.8 Å². The van der Waals surface area contributed by atoms with Gasteiger partial charge in [0.25, 0.3) is 0 Å². The van der Waals surface area contributed by atoms with Crippen LogP contribution in [0.3, 0.4) is 0 Å². The van der Waals surface area contributed by atoms with Crippen molar-refractivity contribution in [2.45, 2.75) is 6.18 Å². The molecular formula is C18H13ClF3N3O. The standard InChI is InChI=1S/C18H13ClF3N3O/c1-26-16-7-6-11-4-2-3-5-13(11)14(16)10-24-25-17-15(19)8-12(9-23-17)18(20,21)22/h2-10H,1H3,(H,23,25)/b24-10+. The third kappa shape index (κ3) is 3.72. The van der Waals surface area contributed by atoms with E-state index >= 15 is 0 Å². The van der Waals surface area contributed by atoms with Crippen LogP contribution in [0.2, 0.25) is 5.02 Å². The Morgan fingerprint density at radius 1 is 1.19 bits per heavy atom. The molecule has 134 valence electrons. The molecule has 0 bridgehead atoms. The van der Waals surface area contributed by atoms with E-state index in [9.17, 15) is 13.2 Å². The number of alkyl halides is 3. The monoisotopic (exact) mass is 379 g/mol. The number of hydrogen-bond donors (Lipinski definition) is 1. The van der Waals surface area contributed by atoms with Gasteiger partial charge in [-0.25, -0.2) is 4.98 Å². The largest absolute Gasteiger partial charge is 0.496 e. The maximum absolute atomic E-state index is 12.6. The molecule has 8 heteroatoms. The summed E-state index contributed by atoms with van der Waals surface area (Å²) in [6.45, 7) is 0. The molecule has 3 rings (SSSR count). The number of pyridine rings is 1. The summed E-state index contributed by atoms with van der Waals surface area (Å²) in [7, 11) is 1.54. The predicted molar refractivity (Wildman–Crippen MR) is 96.0 cm³/mol. The minimum atomic E-state index is -4.51. The highest BCUT2D eigenvalue weighted by Gasteiger charge is 2.31. The van der Waals surface area contributed by atoms with Crippen molar-refractivity contribution in [2.75, 3.05) is 12.5 Å². The van der Waals surface area contributed by atoms with E-state index in [2.05, 4.69) is 15.5 Å². The quantitative estimate of drug-likeness (QED) is 0.490. The second-order valence-electron chi connectivity index (χ2n) is 5.32. The van der Waals surface area contributed by atoms with Gasteiger partial charge in [-0.2, -0.15) is 18.3 Å². The van der Waals surface area contributed by atoms with Crippen LogP contribution >= 0.6 is 11.6 Å². The Balaban J connectivity index is 1.89. The Hall–Kier alpha value is -2.80. The number of nitrogens with one attached hydrogen (secondary N) is 1. The number of aromatic nitrogens is 1. The zero-order valence-electron chi connectivity index (χ0n) is 13.5. The first-order chi connectivity index (χ1) is 12.4. The zero-order chi connectivity index (χ0) is 18.7. The summed E-state index contributed by atoms with van der Waals surface area (Å²) >= 11 is 5.85. The van der Waals surface area contributed by atoms with Crippen LogP contribution in [0.5, 0.6) is 5.75 Å². The van der Waals surface area contributed by atoms with Gasteiger partial charge in [0.1, 0.15) is 5.75 Å². The lowest BCUT2D eigenvalue weighted by Crippen LogP contribution is -2.06. The van der Waals surface area contributed by atoms with Crippen molar-refractivity contribution in [1.29, 1.82) is 0 Å². The van der Waals surface area contributed by atoms with Crippen LogP contribution < -0.4 is 10.2 Å². The number of halogens is 4. The highest BCUT2D eigenvalue weighted by molar-refractivity contribution is 6.33. The van der Waals surface area contributed by atoms with Gasteiger partial charge in [0.05, 0.1) is 23.9 Å². The average Bonchev–Trinajstić information content (AvgIpc) is 2.62. The smallest absolute Gasteiger partial charge is 0.417 e. The summed E-state index contributed by atoms with van der Waals surface area (Å²) in [6, 6.07) is 12.2. The lowest BCUT2D eigenvalue weighted by atomic mass is 10.0. The lowest BCUT2D eigenvalue weighted by molar-refractivity contribution is -0.137. The Bertz CT molecular complexity index is 974. The van der Waals surface area contributed by atoms with Gasteiger partial charge in [-0.05, 0) is 22.9 Å². The average molecular weight is 380 g/mol. The molecule has 0 aliphatic heterocycles. The van der Waals surface area contributed by atoms with Crippen molar-refractivity contribution in [3.8, 4) is 5.75 Å². The fourth-order valence-electron chi connectivity index (χ4n) is 2.42. The molecule has 0 atom stereocenters. The zero-order valence-corrected chi connectivity index (χ0v) is 14.3. The molecule has 0 unspecified atom stereocenters. The molecule has 26 heavy (non-hydrogen) atoms. The van der Waals surface area contributed by atoms with Crippen molar-refractivity contribution < 1.29 is 17.9 Å². The molecule has 0 saturated carbocycles. The van der Waals surface area contributed by atoms with Crippen LogP contribution in [0.25, 0.3) is 10.8 Å². The van der Waals surface area contributed by atoms with Gasteiger partial charge in [0.15, 0.2) is 5.82 Å². The Labute approximate surface area is 152 Å². The van der Waals surface area contributed by atoms with E-state index in [1.807, 2.05) is 36.4 Å². The van der Waals surface area contributed by atoms with Gasteiger partial charge in [-0.3, -0.25) is 5.43 Å². The Kier molecular flexibility index (Phi) is 4.99. The number of rotatable bonds is 4. The first-order valence-corrected chi connectivity index (χ1v) is 7.85. The Morgan fingerprint density at radius 3 is 2.65 bits per heavy atom. The fraction of sp³-hybridized carbons (Fsp3) is 0.111. The topological polar surface area (TPSA) is 46.5 Å². The summed E-state index contributed by atoms with van der Waals surface area (Å²) < 4.78 is 43.3. The van der Waals surface area contributed by atoms with E-state index in [0.29, 0.717) is 11.9 Å². The van der Waals surface area contributed by atoms with E-state index in [0.717, 1.165) is 22.4 Å². The van der Waals surface area contributed by atoms with Crippen LogP contribution in [0.1, 0.15) is 11.1 Å². The number of nitrogens with zero attached hydrogens (tertiary/aromatic N) is 2. The molecular weight excluding hydrogens is 367 g/mol. The van der Waals surface area contributed by atoms with Crippen molar-refractivity contribution in [3.63, 3.8) is 0 Å². The number of benzene rings is 2. The lowest BCUT2D eigenvalue weighted by Gasteiger charge is -2.09. The molecule has 0 saturated heterocycles. The van der Waals surface area contributed by atoms with Crippen LogP contribution in [0, 0.1) is 0 Å². The predicted octanol–water partition coefficient (Wildman–Crippen LogP) is 5.36. The van der Waals surface area contributed by atoms with Crippen LogP contribution in [-0.4, -0.2) is 18.3 Å². The minimum absolute atomic E-state index is 0.0233. The molecule has 2 aromatic carbocycles. The van der Waals surface area contributed by atoms with E-state index in [1.165, 1.54) is 6.21 Å².